The van der Waals surface area contributed by atoms with Gasteiger partial charge in [0, 0.05) is 11.1 Å². The van der Waals surface area contributed by atoms with Gasteiger partial charge in [-0.05, 0) is 51.1 Å². The summed E-state index contributed by atoms with van der Waals surface area (Å²) in [6, 6.07) is 2.92. The number of ketones is 1. The van der Waals surface area contributed by atoms with E-state index in [1.807, 2.05) is 4.90 Å². The number of aliphatic carboxylic acids is 1. The number of benzene rings is 1. The van der Waals surface area contributed by atoms with E-state index in [9.17, 15) is 24.3 Å². The van der Waals surface area contributed by atoms with Crippen LogP contribution in [0.25, 0.3) is 11.5 Å². The van der Waals surface area contributed by atoms with Crippen molar-refractivity contribution in [2.45, 2.75) is 84.7 Å². The van der Waals surface area contributed by atoms with Crippen LogP contribution in [-0.2, 0) is 25.6 Å². The minimum atomic E-state index is -1.22. The molecule has 0 aliphatic heterocycles. The molecule has 0 spiro atoms. The maximum atomic E-state index is 13.3. The number of Topliss-reactive ketones (excluding diaryl/α,β-unsaturated/α-hetero) is 1. The van der Waals surface area contributed by atoms with Crippen LogP contribution in [0.1, 0.15) is 70.7 Å². The zero-order valence-electron chi connectivity index (χ0n) is 25.6. The van der Waals surface area contributed by atoms with Crippen LogP contribution in [0.4, 0.5) is 0 Å². The molecule has 2 atom stereocenters. The topological polar surface area (TPSA) is 164 Å². The summed E-state index contributed by atoms with van der Waals surface area (Å²) in [6.07, 6.45) is 4.78. The number of amides is 2. The number of likely N-dealkylation sites (N-methyl/N-ethyl adjacent to an activating group) is 1. The van der Waals surface area contributed by atoms with E-state index >= 15 is 0 Å². The molecule has 2 unspecified atom stereocenters. The van der Waals surface area contributed by atoms with Crippen molar-refractivity contribution in [3.63, 3.8) is 0 Å². The normalized spacial score (nSPS) is 12.7. The lowest BCUT2D eigenvalue weighted by Crippen LogP contribution is -2.55. The number of ether oxygens (including phenoxy) is 1. The molecule has 2 rings (SSSR count). The average Bonchev–Trinajstić information content (AvgIpc) is 3.36. The van der Waals surface area contributed by atoms with Gasteiger partial charge in [-0.15, -0.1) is 0 Å². The fraction of sp³-hybridized carbons (Fsp3) is 0.600. The number of methoxy groups -OCH3 is 1. The van der Waals surface area contributed by atoms with E-state index in [0.717, 1.165) is 25.7 Å². The van der Waals surface area contributed by atoms with Gasteiger partial charge in [-0.1, -0.05) is 51.6 Å². The van der Waals surface area contributed by atoms with Gasteiger partial charge in [-0.25, -0.2) is 0 Å². The number of nitrogens with zero attached hydrogens (tertiary/aromatic N) is 3. The minimum absolute atomic E-state index is 0.0143. The fourth-order valence-electron chi connectivity index (χ4n) is 4.52. The Morgan fingerprint density at radius 3 is 2.40 bits per heavy atom. The number of aryl methyl sites for hydroxylation is 1. The van der Waals surface area contributed by atoms with Crippen molar-refractivity contribution in [3.8, 4) is 17.2 Å². The van der Waals surface area contributed by atoms with Crippen molar-refractivity contribution in [1.82, 2.24) is 25.7 Å². The standard InChI is InChI=1S/C30H45N5O7/c1-7-8-9-10-11-14-35(5)18-24(36)23(17-27(38)39)32-29(40)28(19(2)3)33-26(37)16-22-15-21(12-13-25(22)41-6)30-31-20(4)34-42-30/h12-13,15,19,23,28H,7-11,14,16-18H2,1-6H3,(H,32,40)(H,33,37)(H,38,39). The van der Waals surface area contributed by atoms with E-state index < -0.39 is 42.1 Å². The van der Waals surface area contributed by atoms with Crippen molar-refractivity contribution in [3.05, 3.63) is 29.6 Å². The lowest BCUT2D eigenvalue weighted by atomic mass is 10.0. The quantitative estimate of drug-likeness (QED) is 0.208. The van der Waals surface area contributed by atoms with Crippen LogP contribution in [0.3, 0.4) is 0 Å². The van der Waals surface area contributed by atoms with Gasteiger partial charge in [0.05, 0.1) is 32.5 Å². The number of carboxylic acid groups (broad SMARTS) is 1. The number of carbonyl (C=O) groups excluding carboxylic acids is 3. The third kappa shape index (κ3) is 11.2. The highest BCUT2D eigenvalue weighted by Crippen LogP contribution is 2.26. The van der Waals surface area contributed by atoms with Crippen molar-refractivity contribution in [1.29, 1.82) is 0 Å². The first-order valence-corrected chi connectivity index (χ1v) is 14.5. The van der Waals surface area contributed by atoms with E-state index in [-0.39, 0.29) is 18.9 Å². The second kappa shape index (κ2) is 17.2. The average molecular weight is 588 g/mol. The summed E-state index contributed by atoms with van der Waals surface area (Å²) < 4.78 is 10.6. The number of unbranched alkanes of at least 4 members (excludes halogenated alkanes) is 4. The molecule has 0 fully saturated rings. The van der Waals surface area contributed by atoms with Crippen molar-refractivity contribution < 1.29 is 33.5 Å². The van der Waals surface area contributed by atoms with Crippen molar-refractivity contribution in [2.75, 3.05) is 27.2 Å². The summed E-state index contributed by atoms with van der Waals surface area (Å²) in [5, 5.41) is 18.5. The van der Waals surface area contributed by atoms with Crippen LogP contribution in [0.5, 0.6) is 5.75 Å². The molecule has 12 nitrogen and oxygen atoms in total. The molecular formula is C30H45N5O7. The van der Waals surface area contributed by atoms with Gasteiger partial charge in [-0.2, -0.15) is 4.98 Å². The summed E-state index contributed by atoms with van der Waals surface area (Å²) in [5.74, 6) is -1.77. The molecule has 1 heterocycles. The number of hydrogen-bond donors (Lipinski definition) is 3. The fourth-order valence-corrected chi connectivity index (χ4v) is 4.52. The monoisotopic (exact) mass is 587 g/mol. The minimum Gasteiger partial charge on any atom is -0.496 e. The number of aromatic nitrogens is 2. The zero-order valence-corrected chi connectivity index (χ0v) is 25.6. The van der Waals surface area contributed by atoms with E-state index in [1.165, 1.54) is 13.5 Å². The molecule has 12 heteroatoms. The van der Waals surface area contributed by atoms with E-state index in [2.05, 4.69) is 27.7 Å². The zero-order chi connectivity index (χ0) is 31.2. The first-order valence-electron chi connectivity index (χ1n) is 14.5. The highest BCUT2D eigenvalue weighted by Gasteiger charge is 2.30. The first kappa shape index (κ1) is 34.4. The highest BCUT2D eigenvalue weighted by atomic mass is 16.5. The maximum absolute atomic E-state index is 13.3. The van der Waals surface area contributed by atoms with Gasteiger partial charge >= 0.3 is 5.97 Å². The molecular weight excluding hydrogens is 542 g/mol. The molecule has 0 aliphatic carbocycles. The second-order valence-electron chi connectivity index (χ2n) is 10.9. The predicted molar refractivity (Wildman–Crippen MR) is 157 cm³/mol. The Labute approximate surface area is 247 Å². The van der Waals surface area contributed by atoms with Crippen LogP contribution in [0.15, 0.2) is 22.7 Å². The van der Waals surface area contributed by atoms with Crippen molar-refractivity contribution >= 4 is 23.6 Å². The van der Waals surface area contributed by atoms with Gasteiger partial charge in [0.15, 0.2) is 11.6 Å². The Morgan fingerprint density at radius 2 is 1.81 bits per heavy atom. The Morgan fingerprint density at radius 1 is 1.10 bits per heavy atom. The molecule has 1 aromatic carbocycles. The largest absolute Gasteiger partial charge is 0.496 e. The van der Waals surface area contributed by atoms with E-state index in [4.69, 9.17) is 9.26 Å². The number of rotatable bonds is 19. The summed E-state index contributed by atoms with van der Waals surface area (Å²) in [6.45, 7) is 8.07. The maximum Gasteiger partial charge on any atom is 0.305 e. The number of carboxylic acids is 1. The molecule has 232 valence electrons. The Hall–Kier alpha value is -3.80. The summed E-state index contributed by atoms with van der Waals surface area (Å²) in [5.41, 5.74) is 1.15. The SMILES string of the molecule is CCCCCCCN(C)CC(=O)C(CC(=O)O)NC(=O)C(NC(=O)Cc1cc(-c2nc(C)no2)ccc1OC)C(C)C. The molecule has 0 aliphatic rings. The second-order valence-corrected chi connectivity index (χ2v) is 10.9. The number of nitrogens with one attached hydrogen (secondary N) is 2. The summed E-state index contributed by atoms with van der Waals surface area (Å²) in [7, 11) is 3.29. The molecule has 0 radical (unpaired) electrons. The molecule has 2 aromatic rings. The number of carbonyl (C=O) groups is 4. The summed E-state index contributed by atoms with van der Waals surface area (Å²) >= 11 is 0. The molecule has 0 saturated heterocycles. The van der Waals surface area contributed by atoms with Gasteiger partial charge in [0.2, 0.25) is 11.8 Å². The molecule has 2 amide bonds. The lowest BCUT2D eigenvalue weighted by Gasteiger charge is -2.26. The van der Waals surface area contributed by atoms with E-state index in [1.54, 1.807) is 46.0 Å². The van der Waals surface area contributed by atoms with Crippen LogP contribution < -0.4 is 15.4 Å². The Bertz CT molecular complexity index is 1200. The van der Waals surface area contributed by atoms with Crippen LogP contribution >= 0.6 is 0 Å². The molecule has 1 aromatic heterocycles. The smallest absolute Gasteiger partial charge is 0.305 e. The van der Waals surface area contributed by atoms with Crippen molar-refractivity contribution in [2.24, 2.45) is 5.92 Å². The van der Waals surface area contributed by atoms with E-state index in [0.29, 0.717) is 35.1 Å². The van der Waals surface area contributed by atoms with Gasteiger partial charge < -0.3 is 25.0 Å². The predicted octanol–water partition coefficient (Wildman–Crippen LogP) is 3.17. The third-order valence-electron chi connectivity index (χ3n) is 6.82. The molecule has 42 heavy (non-hydrogen) atoms. The Balaban J connectivity index is 2.07. The number of hydrogen-bond acceptors (Lipinski definition) is 9. The third-order valence-corrected chi connectivity index (χ3v) is 6.82. The molecule has 3 N–H and O–H groups in total. The Kier molecular flexibility index (Phi) is 14.1. The van der Waals surface area contributed by atoms with Gasteiger partial charge in [0.25, 0.3) is 5.89 Å². The van der Waals surface area contributed by atoms with Crippen LogP contribution in [0.2, 0.25) is 0 Å². The van der Waals surface area contributed by atoms with Crippen LogP contribution in [0, 0.1) is 12.8 Å². The lowest BCUT2D eigenvalue weighted by molar-refractivity contribution is -0.141. The van der Waals surface area contributed by atoms with Gasteiger partial charge in [-0.3, -0.25) is 24.1 Å². The first-order chi connectivity index (χ1) is 19.9. The highest BCUT2D eigenvalue weighted by molar-refractivity contribution is 5.95. The van der Waals surface area contributed by atoms with Crippen LogP contribution in [-0.4, -0.2) is 83.0 Å². The summed E-state index contributed by atoms with van der Waals surface area (Å²) in [4.78, 5) is 56.9. The molecule has 0 bridgehead atoms. The molecule has 0 saturated carbocycles. The van der Waals surface area contributed by atoms with Gasteiger partial charge in [0.1, 0.15) is 11.8 Å².